The van der Waals surface area contributed by atoms with E-state index in [1.807, 2.05) is 0 Å². The maximum atomic E-state index is 0. The van der Waals surface area contributed by atoms with Crippen LogP contribution in [0.15, 0.2) is 0 Å². The van der Waals surface area contributed by atoms with Gasteiger partial charge in [0.2, 0.25) is 0 Å². The minimum Gasteiger partial charge on any atom is 0 e. The van der Waals surface area contributed by atoms with Crippen LogP contribution in [-0.2, 0) is 0 Å². The van der Waals surface area contributed by atoms with Crippen LogP contribution in [0.2, 0.25) is 0 Å². The Morgan fingerprint density at radius 1 is 0.00833 bits per heavy atom. The Bertz CT molecular complexity index is 0. The van der Waals surface area contributed by atoms with Gasteiger partial charge < -0.3 is 0 Å². The van der Waals surface area contributed by atoms with Crippen molar-refractivity contribution in [2.24, 2.45) is 0 Å². The van der Waals surface area contributed by atoms with Crippen LogP contribution in [0.25, 0.3) is 0 Å². The summed E-state index contributed by atoms with van der Waals surface area (Å²) in [5.41, 5.74) is 0. The van der Waals surface area contributed by atoms with Gasteiger partial charge in [-0.25, -0.2) is 0 Å². The molecule has 0 aliphatic heterocycles. The van der Waals surface area contributed by atoms with Crippen molar-refractivity contribution < 1.29 is 4630 Å². The molecule has 0 N–H and O–H groups in total. The summed E-state index contributed by atoms with van der Waals surface area (Å²) < 4.78 is 0. The van der Waals surface area contributed by atoms with Gasteiger partial charge in [0.05, 0.1) is 0 Å². The van der Waals surface area contributed by atoms with E-state index in [-0.39, 0.29) is 4630 Å². The smallest absolute Gasteiger partial charge is 0 e. The molecule has 0 aromatic heterocycles. The summed E-state index contributed by atoms with van der Waals surface area (Å²) in [6.07, 6.45) is 0. The van der Waals surface area contributed by atoms with Crippen molar-refractivity contribution in [1.82, 2.24) is 0 Å². The van der Waals surface area contributed by atoms with Crippen molar-refractivity contribution in [3.05, 3.63) is 0 Å². The second-order valence-corrected chi connectivity index (χ2v) is 0. The van der Waals surface area contributed by atoms with E-state index in [2.05, 4.69) is 0 Å². The van der Waals surface area contributed by atoms with E-state index in [9.17, 15) is 0 Å². The molecule has 0 unspecified atom stereocenters. The molecule has 0 spiro atoms. The summed E-state index contributed by atoms with van der Waals surface area (Å²) in [6, 6.07) is 0. The maximum absolute atomic E-state index is 0. The molecule has 0 aromatic rings. The van der Waals surface area contributed by atoms with Crippen LogP contribution in [0.1, 0.15) is 0 Å². The van der Waals surface area contributed by atoms with Gasteiger partial charge in [-0.05, 0) is 0 Å². The second-order valence-electron chi connectivity index (χ2n) is 0. The van der Waals surface area contributed by atoms with Gasteiger partial charge in [-0.3, -0.25) is 0 Å². The van der Waals surface area contributed by atoms with Gasteiger partial charge in [0, 0.05) is 4630 Å². The quantitative estimate of drug-likeness (QED) is 0.321. The normalized spacial score (nSPS) is 0. The van der Waals surface area contributed by atoms with E-state index >= 15 is 0 Å². The van der Waals surface area contributed by atoms with Crippen LogP contribution in [0.3, 0.4) is 0 Å². The van der Waals surface area contributed by atoms with Crippen molar-refractivity contribution in [3.63, 3.8) is 0 Å². The average Bonchev–Trinajstić information content (AvgIpc) is 0. The van der Waals surface area contributed by atoms with Crippen molar-refractivity contribution in [2.45, 2.75) is 0 Å². The fraction of sp³-hybridized carbons (Fsp3) is 0. The van der Waals surface area contributed by atoms with E-state index in [1.54, 1.807) is 0 Å². The molecule has 0 aromatic carbocycles. The molecule has 0 aliphatic rings. The van der Waals surface area contributed by atoms with Crippen molar-refractivity contribution >= 4 is 0 Å². The molecule has 0 amide bonds. The van der Waals surface area contributed by atoms with Gasteiger partial charge in [0.15, 0.2) is 0 Å². The van der Waals surface area contributed by atoms with Crippen LogP contribution < -0.4 is 0 Å². The molecule has 0 fully saturated rings. The Kier molecular flexibility index (Phi) is 6100. The van der Waals surface area contributed by atoms with Crippen molar-refractivity contribution in [3.8, 4) is 0 Å². The molecule has 120 radical (unpaired) electrons. The first-order valence-electron chi connectivity index (χ1n) is 0. The van der Waals surface area contributed by atoms with Gasteiger partial charge in [0.25, 0.3) is 0 Å². The van der Waals surface area contributed by atoms with Crippen LogP contribution in [0.5, 0.6) is 0 Å². The Morgan fingerprint density at radius 3 is 0.00833 bits per heavy atom. The van der Waals surface area contributed by atoms with Crippen LogP contribution >= 0.6 is 0 Å². The summed E-state index contributed by atoms with van der Waals surface area (Å²) in [5.74, 6) is 0. The maximum Gasteiger partial charge on any atom is 0 e. The van der Waals surface area contributed by atoms with E-state index in [4.69, 9.17) is 0 Å². The van der Waals surface area contributed by atoms with Crippen LogP contribution in [0.4, 0.5) is 0 Å². The van der Waals surface area contributed by atoms with E-state index in [0.29, 0.717) is 0 Å². The zero-order valence-corrected chi connectivity index (χ0v) is 297. The van der Waals surface area contributed by atoms with E-state index < -0.39 is 0 Å². The molecule has 120 heteroatoms. The summed E-state index contributed by atoms with van der Waals surface area (Å²) >= 11 is 0. The molecule has 0 heterocycles. The van der Waals surface area contributed by atoms with Crippen LogP contribution in [-0.4, -0.2) is 0 Å². The summed E-state index contributed by atoms with van der Waals surface area (Å²) in [6.45, 7) is 0. The Hall–Kier alpha value is 154. The van der Waals surface area contributed by atoms with Crippen molar-refractivity contribution in [2.75, 3.05) is 0 Å². The summed E-state index contributed by atoms with van der Waals surface area (Å²) in [4.78, 5) is 0. The largest absolute Gasteiger partial charge is 0 e. The predicted molar refractivity (Wildman–Crippen MR) is 0 cm³/mol. The Labute approximate surface area is 4430 Å². The van der Waals surface area contributed by atoms with Crippen LogP contribution in [0, 0.1) is 4630 Å². The molecule has 0 bridgehead atoms. The molecule has 0 rings (SSSR count). The molecule has 0 nitrogen and oxygen atoms in total. The van der Waals surface area contributed by atoms with Crippen molar-refractivity contribution in [1.29, 1.82) is 0 Å². The van der Waals surface area contributed by atoms with E-state index in [0.717, 1.165) is 0 Å². The topological polar surface area (TPSA) is 0 Å². The minimum atomic E-state index is 0. The standard InChI is InChI=1S/120Tb. The third kappa shape index (κ3) is 842. The molecule has 0 aliphatic carbocycles. The first-order valence-corrected chi connectivity index (χ1v) is 0. The first-order chi connectivity index (χ1) is 0. The Balaban J connectivity index is 0. The van der Waals surface area contributed by atoms with Gasteiger partial charge in [-0.2, -0.15) is 0 Å². The molecule has 0 atom stereocenters. The fourth-order valence-corrected chi connectivity index (χ4v) is 0. The molecule has 120 heavy (non-hydrogen) atoms. The fourth-order valence-electron chi connectivity index (χ4n) is 0. The van der Waals surface area contributed by atoms with Gasteiger partial charge in [0.1, 0.15) is 0 Å². The summed E-state index contributed by atoms with van der Waals surface area (Å²) in [7, 11) is 0. The third-order valence-corrected chi connectivity index (χ3v) is 0. The molecule has 0 saturated heterocycles. The number of hydrogen-bond acceptors (Lipinski definition) is 0. The SMILES string of the molecule is [Tb].[Tb].[Tb].[Tb].[Tb].[Tb].[Tb].[Tb].[Tb].[Tb].[Tb].[Tb].[Tb].[Tb].[Tb].[Tb].[Tb].[Tb].[Tb].[Tb].[Tb].[Tb].[Tb].[Tb].[Tb].[Tb].[Tb].[Tb].[Tb].[Tb].[Tb].[Tb].[Tb].[Tb].[Tb].[Tb].[Tb].[Tb].[Tb].[Tb].[Tb].[Tb].[Tb].[Tb].[Tb].[Tb].[Tb].[Tb].[Tb].[Tb].[Tb].[Tb].[Tb].[Tb].[Tb].[Tb].[Tb].[Tb].[Tb].[Tb].[Tb].[Tb].[Tb].[Tb].[Tb].[Tb].[Tb].[Tb].[Tb].[Tb].[Tb].[Tb].[Tb].[Tb].[Tb].[Tb].[Tb].[Tb].[Tb].[Tb].[Tb].[Tb].[Tb].[Tb].[Tb].[Tb].[Tb].[Tb].[Tb].[Tb].[Tb].[Tb].[Tb].[Tb].[Tb].[Tb].[Tb].[Tb].[Tb].[Tb].[Tb].[Tb].[Tb].[Tb].[Tb].[Tb].[Tb].[Tb].[Tb].[Tb].[Tb].[Tb].[Tb].[Tb].[Tb].[Tb].[Tb].[Tb].[Tb].[Tb]. The monoisotopic (exact) mass is 19100 g/mol. The summed E-state index contributed by atoms with van der Waals surface area (Å²) in [5, 5.41) is 0. The zero-order valence-electron chi connectivity index (χ0n) is 40.0. The zero-order chi connectivity index (χ0) is 0. The molecular formula is Tb120. The third-order valence-electron chi connectivity index (χ3n) is 0. The molecule has 0 saturated carbocycles. The second kappa shape index (κ2) is 851. The molecular weight excluding hydrogens is 19100 g/mol. The molecule has 1080 valence electrons. The number of hydrogen-bond donors (Lipinski definition) is 0. The van der Waals surface area contributed by atoms with Gasteiger partial charge >= 0.3 is 0 Å². The van der Waals surface area contributed by atoms with Gasteiger partial charge in [-0.1, -0.05) is 0 Å². The number of rotatable bonds is 0. The van der Waals surface area contributed by atoms with Gasteiger partial charge in [-0.15, -0.1) is 0 Å². The Morgan fingerprint density at radius 2 is 0.00833 bits per heavy atom. The van der Waals surface area contributed by atoms with E-state index in [1.165, 1.54) is 0 Å². The predicted octanol–water partition coefficient (Wildman–Crippen LogP) is 0. The minimum absolute atomic E-state index is 0. The average molecular weight is 19100 g/mol. The first kappa shape index (κ1) is 861.